The molecule has 0 rings (SSSR count). The molecule has 0 fully saturated rings. The molecule has 0 aromatic heterocycles. The summed E-state index contributed by atoms with van der Waals surface area (Å²) in [7, 11) is 1.44. The first kappa shape index (κ1) is 18.8. The van der Waals surface area contributed by atoms with Gasteiger partial charge in [0, 0.05) is 0 Å². The molecule has 0 aromatic rings. The third kappa shape index (κ3) is 10.2. The lowest BCUT2D eigenvalue weighted by Crippen LogP contribution is -2.19. The topological polar surface area (TPSA) is 26.3 Å². The highest BCUT2D eigenvalue weighted by molar-refractivity contribution is 8.00. The van der Waals surface area contributed by atoms with Crippen LogP contribution in [0.15, 0.2) is 0 Å². The van der Waals surface area contributed by atoms with E-state index in [-0.39, 0.29) is 11.2 Å². The van der Waals surface area contributed by atoms with Gasteiger partial charge in [0.05, 0.1) is 7.11 Å². The molecule has 2 unspecified atom stereocenters. The minimum atomic E-state index is -0.678. The Bertz CT molecular complexity index is 224. The zero-order chi connectivity index (χ0) is 14.5. The van der Waals surface area contributed by atoms with E-state index in [4.69, 9.17) is 4.74 Å². The molecule has 0 aliphatic rings. The van der Waals surface area contributed by atoms with Gasteiger partial charge >= 0.3 is 5.97 Å². The van der Waals surface area contributed by atoms with Gasteiger partial charge in [0.2, 0.25) is 0 Å². The van der Waals surface area contributed by atoms with Gasteiger partial charge in [-0.15, -0.1) is 11.8 Å². The second kappa shape index (κ2) is 12.8. The average Bonchev–Trinajstić information content (AvgIpc) is 2.41. The Hall–Kier alpha value is -0.250. The smallest absolute Gasteiger partial charge is 0.318 e. The van der Waals surface area contributed by atoms with E-state index in [0.717, 1.165) is 44.3 Å². The highest BCUT2D eigenvalue weighted by Crippen LogP contribution is 2.22. The number of halogens is 1. The van der Waals surface area contributed by atoms with E-state index in [2.05, 4.69) is 6.92 Å². The van der Waals surface area contributed by atoms with Gasteiger partial charge in [-0.25, -0.2) is 4.39 Å². The molecule has 0 radical (unpaired) electrons. The largest absolute Gasteiger partial charge is 0.468 e. The molecule has 2 nitrogen and oxygen atoms in total. The van der Waals surface area contributed by atoms with Crippen LogP contribution < -0.4 is 0 Å². The predicted molar refractivity (Wildman–Crippen MR) is 81.4 cm³/mol. The predicted octanol–water partition coefficient (Wildman–Crippen LogP) is 4.76. The summed E-state index contributed by atoms with van der Waals surface area (Å²) in [6.45, 7) is 4.15. The molecule has 0 aliphatic heterocycles. The lowest BCUT2D eigenvalue weighted by atomic mass is 10.1. The molecule has 0 heterocycles. The number of carbonyl (C=O) groups excluding carboxylic acids is 1. The van der Waals surface area contributed by atoms with Crippen LogP contribution in [0.5, 0.6) is 0 Å². The van der Waals surface area contributed by atoms with Crippen LogP contribution in [0.1, 0.15) is 65.2 Å². The maximum Gasteiger partial charge on any atom is 0.318 e. The van der Waals surface area contributed by atoms with Crippen LogP contribution in [0, 0.1) is 0 Å². The Labute approximate surface area is 121 Å². The number of hydrogen-bond acceptors (Lipinski definition) is 3. The van der Waals surface area contributed by atoms with Gasteiger partial charge in [0.15, 0.2) is 0 Å². The van der Waals surface area contributed by atoms with Gasteiger partial charge in [-0.1, -0.05) is 39.5 Å². The second-order valence-corrected chi connectivity index (χ2v) is 6.22. The molecule has 0 N–H and O–H groups in total. The number of unbranched alkanes of at least 4 members (excludes halogenated alkanes) is 2. The van der Waals surface area contributed by atoms with Crippen molar-refractivity contribution >= 4 is 17.7 Å². The fourth-order valence-corrected chi connectivity index (χ4v) is 3.15. The molecule has 0 saturated heterocycles. The molecule has 4 heteroatoms. The summed E-state index contributed by atoms with van der Waals surface area (Å²) in [4.78, 5) is 11.6. The maximum absolute atomic E-state index is 13.3. The third-order valence-corrected chi connectivity index (χ3v) is 4.47. The van der Waals surface area contributed by atoms with E-state index < -0.39 is 6.17 Å². The maximum atomic E-state index is 13.3. The fraction of sp³-hybridized carbons (Fsp3) is 0.933. The van der Waals surface area contributed by atoms with Crippen LogP contribution >= 0.6 is 11.8 Å². The minimum Gasteiger partial charge on any atom is -0.468 e. The zero-order valence-corrected chi connectivity index (χ0v) is 13.4. The Kier molecular flexibility index (Phi) is 12.6. The molecular weight excluding hydrogens is 263 g/mol. The van der Waals surface area contributed by atoms with Crippen LogP contribution in [0.3, 0.4) is 0 Å². The number of ether oxygens (including phenoxy) is 1. The molecule has 0 aromatic carbocycles. The number of methoxy groups -OCH3 is 1. The molecule has 0 spiro atoms. The van der Waals surface area contributed by atoms with E-state index >= 15 is 0 Å². The second-order valence-electron chi connectivity index (χ2n) is 4.91. The highest BCUT2D eigenvalue weighted by Gasteiger charge is 2.19. The van der Waals surface area contributed by atoms with Crippen molar-refractivity contribution in [2.45, 2.75) is 76.6 Å². The average molecular weight is 292 g/mol. The number of alkyl halides is 1. The van der Waals surface area contributed by atoms with Crippen molar-refractivity contribution in [3.05, 3.63) is 0 Å². The van der Waals surface area contributed by atoms with Crippen LogP contribution in [0.4, 0.5) is 4.39 Å². The van der Waals surface area contributed by atoms with E-state index in [1.165, 1.54) is 7.11 Å². The summed E-state index contributed by atoms with van der Waals surface area (Å²) in [5.41, 5.74) is 0. The van der Waals surface area contributed by atoms with Gasteiger partial charge in [-0.3, -0.25) is 4.79 Å². The van der Waals surface area contributed by atoms with Gasteiger partial charge in [-0.2, -0.15) is 0 Å². The Balaban J connectivity index is 3.82. The summed E-state index contributed by atoms with van der Waals surface area (Å²) in [6.07, 6.45) is 6.57. The summed E-state index contributed by atoms with van der Waals surface area (Å²) >= 11 is 1.62. The van der Waals surface area contributed by atoms with Crippen LogP contribution in [0.2, 0.25) is 0 Å². The van der Waals surface area contributed by atoms with Crippen LogP contribution in [0.25, 0.3) is 0 Å². The van der Waals surface area contributed by atoms with Gasteiger partial charge in [-0.05, 0) is 31.4 Å². The monoisotopic (exact) mass is 292 g/mol. The quantitative estimate of drug-likeness (QED) is 0.383. The normalized spacial score (nSPS) is 14.1. The SMILES string of the molecule is CCCCCC(SCCCC(F)CCC)C(=O)OC. The number of carbonyl (C=O) groups is 1. The van der Waals surface area contributed by atoms with Crippen LogP contribution in [-0.2, 0) is 9.53 Å². The number of rotatable bonds is 12. The van der Waals surface area contributed by atoms with Crippen molar-refractivity contribution in [2.24, 2.45) is 0 Å². The number of thioether (sulfide) groups is 1. The molecular formula is C15H29FO2S. The first-order valence-electron chi connectivity index (χ1n) is 7.49. The Morgan fingerprint density at radius 2 is 1.84 bits per heavy atom. The lowest BCUT2D eigenvalue weighted by molar-refractivity contribution is -0.140. The summed E-state index contributed by atoms with van der Waals surface area (Å²) in [5.74, 6) is 0.710. The van der Waals surface area contributed by atoms with Gasteiger partial charge in [0.25, 0.3) is 0 Å². The molecule has 2 atom stereocenters. The molecule has 0 bridgehead atoms. The number of esters is 1. The minimum absolute atomic E-state index is 0.0687. The van der Waals surface area contributed by atoms with Crippen molar-refractivity contribution in [2.75, 3.05) is 12.9 Å². The van der Waals surface area contributed by atoms with Crippen LogP contribution in [-0.4, -0.2) is 30.3 Å². The highest BCUT2D eigenvalue weighted by atomic mass is 32.2. The third-order valence-electron chi connectivity index (χ3n) is 3.12. The summed E-state index contributed by atoms with van der Waals surface area (Å²) < 4.78 is 18.1. The molecule has 0 saturated carbocycles. The van der Waals surface area contributed by atoms with Crippen molar-refractivity contribution in [3.8, 4) is 0 Å². The van der Waals surface area contributed by atoms with Gasteiger partial charge < -0.3 is 4.74 Å². The molecule has 0 aliphatic carbocycles. The molecule has 114 valence electrons. The number of hydrogen-bond donors (Lipinski definition) is 0. The Morgan fingerprint density at radius 3 is 2.42 bits per heavy atom. The fourth-order valence-electron chi connectivity index (χ4n) is 1.97. The van der Waals surface area contributed by atoms with Crippen molar-refractivity contribution < 1.29 is 13.9 Å². The molecule has 19 heavy (non-hydrogen) atoms. The van der Waals surface area contributed by atoms with E-state index in [9.17, 15) is 9.18 Å². The first-order chi connectivity index (χ1) is 9.15. The van der Waals surface area contributed by atoms with E-state index in [0.29, 0.717) is 12.8 Å². The van der Waals surface area contributed by atoms with Crippen molar-refractivity contribution in [1.82, 2.24) is 0 Å². The van der Waals surface area contributed by atoms with Gasteiger partial charge in [0.1, 0.15) is 11.4 Å². The van der Waals surface area contributed by atoms with E-state index in [1.807, 2.05) is 6.92 Å². The Morgan fingerprint density at radius 1 is 1.11 bits per heavy atom. The van der Waals surface area contributed by atoms with Crippen molar-refractivity contribution in [1.29, 1.82) is 0 Å². The van der Waals surface area contributed by atoms with Crippen molar-refractivity contribution in [3.63, 3.8) is 0 Å². The van der Waals surface area contributed by atoms with E-state index in [1.54, 1.807) is 11.8 Å². The molecule has 0 amide bonds. The standard InChI is InChI=1S/C15H29FO2S/c1-4-6-7-11-14(15(17)18-3)19-12-8-10-13(16)9-5-2/h13-14H,4-12H2,1-3H3. The summed E-state index contributed by atoms with van der Waals surface area (Å²) in [6, 6.07) is 0. The lowest BCUT2D eigenvalue weighted by Gasteiger charge is -2.14. The first-order valence-corrected chi connectivity index (χ1v) is 8.54. The summed E-state index contributed by atoms with van der Waals surface area (Å²) in [5, 5.41) is -0.0687. The zero-order valence-electron chi connectivity index (χ0n) is 12.6.